The minimum Gasteiger partial charge on any atom is -0.444 e. The van der Waals surface area contributed by atoms with E-state index >= 15 is 0 Å². The molecule has 26 nitrogen and oxygen atoms in total. The molecule has 0 aliphatic carbocycles. The highest BCUT2D eigenvalue weighted by atomic mass is 19.1. The maximum atomic E-state index is 13.4. The van der Waals surface area contributed by atoms with Crippen LogP contribution in [-0.2, 0) is 75.9 Å². The average Bonchev–Trinajstić information content (AvgIpc) is 1.06. The van der Waals surface area contributed by atoms with Gasteiger partial charge in [0.25, 0.3) is 34.1 Å². The van der Waals surface area contributed by atoms with Crippen molar-refractivity contribution in [2.24, 2.45) is 11.7 Å². The van der Waals surface area contributed by atoms with Crippen LogP contribution < -0.4 is 21.7 Å². The van der Waals surface area contributed by atoms with Crippen molar-refractivity contribution in [3.63, 3.8) is 0 Å². The molecule has 0 saturated heterocycles. The number of nitrogens with zero attached hydrogens (tertiary/aromatic N) is 7. The fourth-order valence-electron chi connectivity index (χ4n) is 12.5. The molecule has 1 amide bonds. The largest absolute Gasteiger partial charge is 0.444 e. The van der Waals surface area contributed by atoms with E-state index in [2.05, 4.69) is 22.9 Å². The van der Waals surface area contributed by atoms with Crippen LogP contribution in [0.3, 0.4) is 0 Å². The number of carbonyl (C=O) groups excluding carboxylic acids is 2. The predicted molar refractivity (Wildman–Crippen MR) is 488 cm³/mol. The van der Waals surface area contributed by atoms with Crippen LogP contribution in [0.1, 0.15) is 112 Å². The monoisotopic (exact) mass is 1790 g/mol. The summed E-state index contributed by atoms with van der Waals surface area (Å²) in [5.74, 6) is -1.00. The summed E-state index contributed by atoms with van der Waals surface area (Å²) in [6.45, 7) is 12.2. The van der Waals surface area contributed by atoms with Gasteiger partial charge in [0.1, 0.15) is 46.8 Å². The molecule has 130 heavy (non-hydrogen) atoms. The number of benzene rings is 12. The summed E-state index contributed by atoms with van der Waals surface area (Å²) in [7, 11) is 0. The third kappa shape index (κ3) is 42.1. The first kappa shape index (κ1) is 104. The lowest BCUT2D eigenvalue weighted by Crippen LogP contribution is -2.37. The van der Waals surface area contributed by atoms with E-state index in [0.29, 0.717) is 101 Å². The van der Waals surface area contributed by atoms with Crippen molar-refractivity contribution >= 4 is 46.5 Å². The van der Waals surface area contributed by atoms with Crippen LogP contribution in [0.2, 0.25) is 0 Å². The lowest BCUT2D eigenvalue weighted by molar-refractivity contribution is -0.385. The molecule has 5 N–H and O–H groups in total. The zero-order valence-corrected chi connectivity index (χ0v) is 72.2. The van der Waals surface area contributed by atoms with Gasteiger partial charge in [0.05, 0.1) is 29.5 Å². The highest BCUT2D eigenvalue weighted by Crippen LogP contribution is 2.25. The fraction of sp³-hybridized carbons (Fsp3) is 0.245. The smallest absolute Gasteiger partial charge is 0.410 e. The van der Waals surface area contributed by atoms with Gasteiger partial charge in [-0.25, -0.2) is 31.1 Å². The molecule has 0 fully saturated rings. The topological polar surface area (TPSA) is 368 Å². The van der Waals surface area contributed by atoms with Gasteiger partial charge in [0.2, 0.25) is 0 Å². The number of rotatable bonds is 35. The van der Waals surface area contributed by atoms with Crippen molar-refractivity contribution in [1.29, 1.82) is 0 Å². The first-order valence-electron chi connectivity index (χ1n) is 41.4. The predicted octanol–water partition coefficient (Wildman–Crippen LogP) is 21.6. The van der Waals surface area contributed by atoms with E-state index in [-0.39, 0.29) is 80.5 Å². The molecule has 0 aliphatic rings. The number of nitrogens with one attached hydrogen (secondary N) is 3. The quantitative estimate of drug-likeness (QED) is 0.00942. The summed E-state index contributed by atoms with van der Waals surface area (Å²) < 4.78 is 83.4. The Hall–Kier alpha value is -14.6. The lowest BCUT2D eigenvalue weighted by atomic mass is 9.91. The normalized spacial score (nSPS) is 10.7. The Kier molecular flexibility index (Phi) is 45.3. The number of amides is 1. The van der Waals surface area contributed by atoms with Gasteiger partial charge in [-0.15, -0.1) is 0 Å². The number of halogens is 6. The first-order chi connectivity index (χ1) is 62.2. The highest BCUT2D eigenvalue weighted by Gasteiger charge is 2.24. The molecule has 1 atom stereocenters. The van der Waals surface area contributed by atoms with Crippen molar-refractivity contribution in [2.75, 3.05) is 32.7 Å². The summed E-state index contributed by atoms with van der Waals surface area (Å²) in [6.07, 6.45) is 6.97. The molecule has 0 saturated carbocycles. The second-order valence-corrected chi connectivity index (χ2v) is 30.4. The SMILES string of the molecule is CC(C)(C)OC(=O)N(CCc1cccc(F)c1)Cc1cccc([N+](=O)[O-])c1.CCC(CCc1cccc(F)c1)Cc1cccc([N+](=O)[O-])c1.NCCc1cccc(F)c1.O=Cc1cccc([N+](=O)[O-])c1.O=[N+]([O-])c1cccc(CNCCc2cccc(F)c2)c1.O=[N+]([O-])c1cccc(CNCCc2cccc(F)c2)c1.O=[N+]([O-])c1cccc(CNCCc2cccc(F)c2)c1. The van der Waals surface area contributed by atoms with E-state index in [0.717, 1.165) is 87.7 Å². The zero-order valence-electron chi connectivity index (χ0n) is 72.2. The molecule has 0 heterocycles. The Morgan fingerprint density at radius 3 is 0.946 bits per heavy atom. The van der Waals surface area contributed by atoms with E-state index in [9.17, 15) is 96.6 Å². The van der Waals surface area contributed by atoms with Crippen molar-refractivity contribution in [2.45, 2.75) is 117 Å². The zero-order chi connectivity index (χ0) is 94.8. The second-order valence-electron chi connectivity index (χ2n) is 30.4. The first-order valence-corrected chi connectivity index (χ1v) is 41.4. The number of nitro benzene ring substituents is 6. The molecule has 0 radical (unpaired) electrons. The van der Waals surface area contributed by atoms with Crippen LogP contribution in [0, 0.1) is 102 Å². The van der Waals surface area contributed by atoms with Crippen LogP contribution in [0.25, 0.3) is 0 Å². The summed E-state index contributed by atoms with van der Waals surface area (Å²) in [5, 5.41) is 73.5. The number of carbonyl (C=O) groups is 2. The number of nitrogens with two attached hydrogens (primary N) is 1. The van der Waals surface area contributed by atoms with E-state index in [1.807, 2.05) is 54.6 Å². The van der Waals surface area contributed by atoms with E-state index < -0.39 is 36.3 Å². The molecule has 1 unspecified atom stereocenters. The minimum absolute atomic E-state index is 0.0400. The van der Waals surface area contributed by atoms with Gasteiger partial charge in [0.15, 0.2) is 0 Å². The Balaban J connectivity index is 0.000000238. The number of hydrogen-bond donors (Lipinski definition) is 4. The molecule has 682 valence electrons. The number of aryl methyl sites for hydroxylation is 1. The summed E-state index contributed by atoms with van der Waals surface area (Å²) in [4.78, 5) is 85.5. The third-order valence-corrected chi connectivity index (χ3v) is 19.0. The van der Waals surface area contributed by atoms with Crippen molar-refractivity contribution in [1.82, 2.24) is 20.9 Å². The fourth-order valence-corrected chi connectivity index (χ4v) is 12.5. The van der Waals surface area contributed by atoms with Crippen molar-refractivity contribution in [3.05, 3.63) is 454 Å². The Morgan fingerprint density at radius 2 is 0.638 bits per heavy atom. The molecule has 0 bridgehead atoms. The van der Waals surface area contributed by atoms with E-state index in [4.69, 9.17) is 10.5 Å². The number of nitro groups is 6. The summed E-state index contributed by atoms with van der Waals surface area (Å²) in [6, 6.07) is 76.9. The van der Waals surface area contributed by atoms with Crippen molar-refractivity contribution < 1.29 is 70.2 Å². The Bertz CT molecular complexity index is 5380. The average molecular weight is 1790 g/mol. The van der Waals surface area contributed by atoms with E-state index in [1.54, 1.807) is 130 Å². The van der Waals surface area contributed by atoms with Gasteiger partial charge >= 0.3 is 6.09 Å². The Labute approximate surface area is 749 Å². The number of ether oxygens (including phenoxy) is 1. The van der Waals surface area contributed by atoms with Gasteiger partial charge in [-0.3, -0.25) is 65.5 Å². The minimum atomic E-state index is -0.670. The highest BCUT2D eigenvalue weighted by molar-refractivity contribution is 5.76. The van der Waals surface area contributed by atoms with Gasteiger partial charge < -0.3 is 31.3 Å². The third-order valence-electron chi connectivity index (χ3n) is 19.0. The molecule has 12 aromatic rings. The maximum absolute atomic E-state index is 13.4. The molecule has 32 heteroatoms. The number of aldehydes is 1. The molecule has 0 spiro atoms. The number of hydrogen-bond acceptors (Lipinski definition) is 19. The molecular formula is C98H103F6N11O15. The molecule has 12 aromatic carbocycles. The standard InChI is InChI=1S/C20H23FN2O4.C18H20FNO2.3C15H15FN2O2.C8H10FN.C7H5NO3/c1-20(2,3)27-19(24)22(11-10-15-6-4-8-17(21)12-15)14-16-7-5-9-18(13-16)23(25)26;1-2-14(9-10-15-5-3-7-17(19)12-15)11-16-6-4-8-18(13-16)20(21)22;3*16-14-5-1-3-12(9-14)7-8-17-11-13-4-2-6-15(10-13)18(19)20;9-8-3-1-2-7(6-8)4-5-10;9-5-6-2-1-3-7(4-6)8(10)11/h4-9,12-13H,10-11,14H2,1-3H3;3-8,12-14H,2,9-11H2,1H3;3*1-6,9-10,17H,7-8,11H2;1-3,6H,4-5,10H2;1-5H. The maximum Gasteiger partial charge on any atom is 0.410 e. The molecular weight excluding hydrogens is 1690 g/mol. The Morgan fingerprint density at radius 1 is 0.369 bits per heavy atom. The van der Waals surface area contributed by atoms with Gasteiger partial charge in [-0.2, -0.15) is 0 Å². The van der Waals surface area contributed by atoms with Crippen molar-refractivity contribution in [3.8, 4) is 0 Å². The van der Waals surface area contributed by atoms with E-state index in [1.165, 1.54) is 132 Å². The molecule has 12 rings (SSSR count). The van der Waals surface area contributed by atoms with Gasteiger partial charge in [-0.05, 0) is 238 Å². The van der Waals surface area contributed by atoms with Crippen LogP contribution in [0.15, 0.2) is 291 Å². The lowest BCUT2D eigenvalue weighted by Gasteiger charge is -2.27. The van der Waals surface area contributed by atoms with Crippen LogP contribution >= 0.6 is 0 Å². The van der Waals surface area contributed by atoms with Gasteiger partial charge in [0, 0.05) is 111 Å². The van der Waals surface area contributed by atoms with Gasteiger partial charge in [-0.1, -0.05) is 159 Å². The molecule has 0 aliphatic heterocycles. The van der Waals surface area contributed by atoms with Crippen LogP contribution in [0.4, 0.5) is 65.3 Å². The summed E-state index contributed by atoms with van der Waals surface area (Å²) in [5.41, 5.74) is 14.9. The second kappa shape index (κ2) is 56.5. The van der Waals surface area contributed by atoms with Crippen LogP contribution in [0.5, 0.6) is 0 Å². The number of non-ortho nitro benzene ring substituents is 6. The molecule has 0 aromatic heterocycles. The summed E-state index contributed by atoms with van der Waals surface area (Å²) >= 11 is 0. The van der Waals surface area contributed by atoms with Crippen LogP contribution in [-0.4, -0.2) is 85.1 Å².